The van der Waals surface area contributed by atoms with E-state index in [4.69, 9.17) is 0 Å². The van der Waals surface area contributed by atoms with E-state index in [1.54, 1.807) is 6.92 Å². The standard InChI is InChI=1S/C23H24F2N4O2S/c1-16-11-22(32(30,31)28-23-8-7-18(24)13-26-23)20(25)12-21(16)27-19-9-10-29(15-19)14-17-5-3-2-4-6-17/h2-8,11-13,19,27H,9-10,14-15H2,1H3,(H,26,28)/t19-/m0/s1. The molecule has 2 N–H and O–H groups in total. The quantitative estimate of drug-likeness (QED) is 0.556. The van der Waals surface area contributed by atoms with E-state index in [0.717, 1.165) is 38.3 Å². The summed E-state index contributed by atoms with van der Waals surface area (Å²) in [6.07, 6.45) is 1.79. The first-order valence-electron chi connectivity index (χ1n) is 10.3. The molecule has 1 saturated heterocycles. The van der Waals surface area contributed by atoms with Gasteiger partial charge in [-0.25, -0.2) is 22.2 Å². The molecule has 3 aromatic rings. The second-order valence-corrected chi connectivity index (χ2v) is 9.57. The predicted octanol–water partition coefficient (Wildman–Crippen LogP) is 4.16. The minimum absolute atomic E-state index is 0.0879. The number of rotatable bonds is 7. The molecule has 0 radical (unpaired) electrons. The summed E-state index contributed by atoms with van der Waals surface area (Å²) in [5.74, 6) is -1.55. The Morgan fingerprint density at radius 3 is 2.62 bits per heavy atom. The Morgan fingerprint density at radius 1 is 1.12 bits per heavy atom. The number of anilines is 2. The molecule has 4 rings (SSSR count). The number of benzene rings is 2. The fraction of sp³-hybridized carbons (Fsp3) is 0.261. The van der Waals surface area contributed by atoms with Crippen molar-refractivity contribution in [3.05, 3.63) is 83.6 Å². The van der Waals surface area contributed by atoms with E-state index >= 15 is 0 Å². The van der Waals surface area contributed by atoms with Crippen molar-refractivity contribution in [2.45, 2.75) is 30.8 Å². The highest BCUT2D eigenvalue weighted by Gasteiger charge is 2.25. The van der Waals surface area contributed by atoms with Crippen LogP contribution in [0.4, 0.5) is 20.3 Å². The number of likely N-dealkylation sites (tertiary alicyclic amines) is 1. The molecule has 0 saturated carbocycles. The molecule has 0 aliphatic carbocycles. The van der Waals surface area contributed by atoms with Gasteiger partial charge in [-0.3, -0.25) is 9.62 Å². The maximum atomic E-state index is 14.8. The molecule has 9 heteroatoms. The second kappa shape index (κ2) is 9.22. The molecule has 1 aliphatic heterocycles. The average Bonchev–Trinajstić information content (AvgIpc) is 3.19. The molecule has 168 valence electrons. The maximum absolute atomic E-state index is 14.8. The number of aryl methyl sites for hydroxylation is 1. The van der Waals surface area contributed by atoms with Gasteiger partial charge in [-0.05, 0) is 48.7 Å². The van der Waals surface area contributed by atoms with E-state index in [2.05, 4.69) is 32.1 Å². The lowest BCUT2D eigenvalue weighted by atomic mass is 10.1. The number of hydrogen-bond donors (Lipinski definition) is 2. The number of halogens is 2. The van der Waals surface area contributed by atoms with Gasteiger partial charge >= 0.3 is 0 Å². The molecule has 0 unspecified atom stereocenters. The molecule has 32 heavy (non-hydrogen) atoms. The Morgan fingerprint density at radius 2 is 1.91 bits per heavy atom. The molecule has 0 amide bonds. The van der Waals surface area contributed by atoms with Crippen LogP contribution in [-0.2, 0) is 16.6 Å². The van der Waals surface area contributed by atoms with E-state index in [1.807, 2.05) is 18.2 Å². The minimum Gasteiger partial charge on any atom is -0.381 e. The van der Waals surface area contributed by atoms with Gasteiger partial charge in [-0.2, -0.15) is 0 Å². The van der Waals surface area contributed by atoms with Gasteiger partial charge < -0.3 is 5.32 Å². The third-order valence-corrected chi connectivity index (χ3v) is 6.79. The van der Waals surface area contributed by atoms with E-state index in [0.29, 0.717) is 11.3 Å². The van der Waals surface area contributed by atoms with Crippen LogP contribution >= 0.6 is 0 Å². The summed E-state index contributed by atoms with van der Waals surface area (Å²) >= 11 is 0. The van der Waals surface area contributed by atoms with Crippen LogP contribution in [0.25, 0.3) is 0 Å². The third kappa shape index (κ3) is 5.23. The fourth-order valence-corrected chi connectivity index (χ4v) is 4.95. The summed E-state index contributed by atoms with van der Waals surface area (Å²) in [4.78, 5) is 5.51. The maximum Gasteiger partial charge on any atom is 0.265 e. The number of nitrogens with zero attached hydrogens (tertiary/aromatic N) is 2. The van der Waals surface area contributed by atoms with Gasteiger partial charge in [0.25, 0.3) is 10.0 Å². The van der Waals surface area contributed by atoms with E-state index < -0.39 is 26.6 Å². The van der Waals surface area contributed by atoms with Crippen molar-refractivity contribution >= 4 is 21.5 Å². The van der Waals surface area contributed by atoms with Crippen LogP contribution in [0.3, 0.4) is 0 Å². The highest BCUT2D eigenvalue weighted by Crippen LogP contribution is 2.27. The molecular formula is C23H24F2N4O2S. The topological polar surface area (TPSA) is 74.3 Å². The molecule has 1 aromatic heterocycles. The number of sulfonamides is 1. The van der Waals surface area contributed by atoms with Gasteiger partial charge in [0.2, 0.25) is 0 Å². The first kappa shape index (κ1) is 22.2. The van der Waals surface area contributed by atoms with Gasteiger partial charge in [0.1, 0.15) is 22.3 Å². The van der Waals surface area contributed by atoms with Crippen molar-refractivity contribution < 1.29 is 17.2 Å². The number of nitrogens with one attached hydrogen (secondary N) is 2. The van der Waals surface area contributed by atoms with Crippen molar-refractivity contribution in [1.29, 1.82) is 0 Å². The SMILES string of the molecule is Cc1cc(S(=O)(=O)Nc2ccc(F)cn2)c(F)cc1N[C@H]1CCN(Cc2ccccc2)C1. The molecule has 1 aliphatic rings. The number of hydrogen-bond acceptors (Lipinski definition) is 5. The molecule has 0 spiro atoms. The molecule has 1 atom stereocenters. The summed E-state index contributed by atoms with van der Waals surface area (Å²) in [7, 11) is -4.21. The van der Waals surface area contributed by atoms with Crippen molar-refractivity contribution in [3.8, 4) is 0 Å². The molecule has 0 bridgehead atoms. The summed E-state index contributed by atoms with van der Waals surface area (Å²) in [6.45, 7) is 4.32. The Bertz CT molecular complexity index is 1190. The molecule has 1 fully saturated rings. The first-order valence-corrected chi connectivity index (χ1v) is 11.8. The summed E-state index contributed by atoms with van der Waals surface area (Å²) < 4.78 is 55.2. The summed E-state index contributed by atoms with van der Waals surface area (Å²) in [6, 6.07) is 15.1. The highest BCUT2D eigenvalue weighted by atomic mass is 32.2. The van der Waals surface area contributed by atoms with Crippen molar-refractivity contribution in [2.24, 2.45) is 0 Å². The molecule has 2 heterocycles. The third-order valence-electron chi connectivity index (χ3n) is 5.42. The monoisotopic (exact) mass is 458 g/mol. The van der Waals surface area contributed by atoms with Crippen LogP contribution in [0.2, 0.25) is 0 Å². The Balaban J connectivity index is 1.44. The van der Waals surface area contributed by atoms with Crippen LogP contribution in [0.5, 0.6) is 0 Å². The molecular weight excluding hydrogens is 434 g/mol. The fourth-order valence-electron chi connectivity index (χ4n) is 3.80. The van der Waals surface area contributed by atoms with Crippen LogP contribution in [0.1, 0.15) is 17.5 Å². The van der Waals surface area contributed by atoms with E-state index in [1.165, 1.54) is 23.8 Å². The zero-order valence-corrected chi connectivity index (χ0v) is 18.4. The Labute approximate surface area is 186 Å². The van der Waals surface area contributed by atoms with Gasteiger partial charge in [0, 0.05) is 31.4 Å². The van der Waals surface area contributed by atoms with Crippen LogP contribution < -0.4 is 10.0 Å². The van der Waals surface area contributed by atoms with Crippen molar-refractivity contribution in [3.63, 3.8) is 0 Å². The van der Waals surface area contributed by atoms with Crippen molar-refractivity contribution in [1.82, 2.24) is 9.88 Å². The number of aromatic nitrogens is 1. The van der Waals surface area contributed by atoms with Gasteiger partial charge in [-0.1, -0.05) is 30.3 Å². The largest absolute Gasteiger partial charge is 0.381 e. The minimum atomic E-state index is -4.21. The predicted molar refractivity (Wildman–Crippen MR) is 120 cm³/mol. The smallest absolute Gasteiger partial charge is 0.265 e. The lowest BCUT2D eigenvalue weighted by Gasteiger charge is -2.19. The van der Waals surface area contributed by atoms with Gasteiger partial charge in [-0.15, -0.1) is 0 Å². The summed E-state index contributed by atoms with van der Waals surface area (Å²) in [5, 5.41) is 3.35. The highest BCUT2D eigenvalue weighted by molar-refractivity contribution is 7.92. The van der Waals surface area contributed by atoms with E-state index in [9.17, 15) is 17.2 Å². The number of pyridine rings is 1. The average molecular weight is 459 g/mol. The van der Waals surface area contributed by atoms with Gasteiger partial charge in [0.15, 0.2) is 0 Å². The summed E-state index contributed by atoms with van der Waals surface area (Å²) in [5.41, 5.74) is 2.42. The van der Waals surface area contributed by atoms with Gasteiger partial charge in [0.05, 0.1) is 6.20 Å². The van der Waals surface area contributed by atoms with Crippen LogP contribution in [0.15, 0.2) is 65.7 Å². The van der Waals surface area contributed by atoms with E-state index in [-0.39, 0.29) is 11.9 Å². The first-order chi connectivity index (χ1) is 15.3. The molecule has 6 nitrogen and oxygen atoms in total. The second-order valence-electron chi connectivity index (χ2n) is 7.92. The van der Waals surface area contributed by atoms with Crippen LogP contribution in [-0.4, -0.2) is 37.4 Å². The normalized spacial score (nSPS) is 16.8. The Kier molecular flexibility index (Phi) is 6.38. The zero-order chi connectivity index (χ0) is 22.7. The Hall–Kier alpha value is -3.04. The zero-order valence-electron chi connectivity index (χ0n) is 17.6. The van der Waals surface area contributed by atoms with Crippen LogP contribution in [0, 0.1) is 18.6 Å². The van der Waals surface area contributed by atoms with Crippen molar-refractivity contribution in [2.75, 3.05) is 23.1 Å². The lowest BCUT2D eigenvalue weighted by Crippen LogP contribution is -2.26. The lowest BCUT2D eigenvalue weighted by molar-refractivity contribution is 0.328. The molecule has 2 aromatic carbocycles.